The van der Waals surface area contributed by atoms with Crippen LogP contribution in [0.15, 0.2) is 57.5 Å². The third-order valence-corrected chi connectivity index (χ3v) is 3.86. The molecule has 1 aromatic heterocycles. The highest BCUT2D eigenvalue weighted by Gasteiger charge is 2.19. The number of nitrogens with two attached hydrogens (primary N) is 1. The van der Waals surface area contributed by atoms with E-state index in [1.807, 2.05) is 42.5 Å². The molecule has 0 unspecified atom stereocenters. The molecule has 3 nitrogen and oxygen atoms in total. The zero-order chi connectivity index (χ0) is 14.1. The number of aromatic nitrogens is 1. The minimum Gasteiger partial charge on any atom is -0.367 e. The molecular formula is C15H10BrClN2O. The first kappa shape index (κ1) is 13.2. The van der Waals surface area contributed by atoms with Gasteiger partial charge in [-0.25, -0.2) is 0 Å². The summed E-state index contributed by atoms with van der Waals surface area (Å²) >= 11 is 9.46. The molecule has 1 heterocycles. The van der Waals surface area contributed by atoms with Crippen LogP contribution in [0.3, 0.4) is 0 Å². The summed E-state index contributed by atoms with van der Waals surface area (Å²) in [5.41, 5.74) is 9.24. The van der Waals surface area contributed by atoms with E-state index in [0.717, 1.165) is 21.2 Å². The maximum absolute atomic E-state index is 5.97. The molecule has 100 valence electrons. The van der Waals surface area contributed by atoms with Crippen LogP contribution < -0.4 is 5.73 Å². The largest absolute Gasteiger partial charge is 0.367 e. The molecule has 0 aliphatic carbocycles. The van der Waals surface area contributed by atoms with Crippen LogP contribution in [0.4, 0.5) is 5.88 Å². The maximum Gasteiger partial charge on any atom is 0.230 e. The molecule has 3 rings (SSSR count). The van der Waals surface area contributed by atoms with Gasteiger partial charge in [-0.05, 0) is 17.7 Å². The first-order valence-corrected chi connectivity index (χ1v) is 7.10. The van der Waals surface area contributed by atoms with Crippen molar-refractivity contribution in [2.45, 2.75) is 0 Å². The van der Waals surface area contributed by atoms with Crippen molar-refractivity contribution in [3.05, 3.63) is 58.0 Å². The van der Waals surface area contributed by atoms with Crippen molar-refractivity contribution in [3.63, 3.8) is 0 Å². The lowest BCUT2D eigenvalue weighted by Crippen LogP contribution is -1.88. The Kier molecular flexibility index (Phi) is 3.51. The van der Waals surface area contributed by atoms with Crippen LogP contribution in [0.1, 0.15) is 0 Å². The second-order valence-corrected chi connectivity index (χ2v) is 5.55. The molecule has 0 saturated carbocycles. The van der Waals surface area contributed by atoms with Crippen molar-refractivity contribution < 1.29 is 4.52 Å². The van der Waals surface area contributed by atoms with Gasteiger partial charge in [0.15, 0.2) is 0 Å². The number of hydrogen-bond acceptors (Lipinski definition) is 3. The van der Waals surface area contributed by atoms with Crippen LogP contribution in [0.5, 0.6) is 0 Å². The van der Waals surface area contributed by atoms with E-state index in [0.29, 0.717) is 16.6 Å². The summed E-state index contributed by atoms with van der Waals surface area (Å²) in [5.74, 6) is 0.299. The Hall–Kier alpha value is -1.78. The van der Waals surface area contributed by atoms with Gasteiger partial charge in [-0.2, -0.15) is 0 Å². The average molecular weight is 350 g/mol. The molecule has 0 aliphatic heterocycles. The maximum atomic E-state index is 5.97. The van der Waals surface area contributed by atoms with E-state index < -0.39 is 0 Å². The zero-order valence-electron chi connectivity index (χ0n) is 10.3. The fourth-order valence-electron chi connectivity index (χ4n) is 2.05. The van der Waals surface area contributed by atoms with Crippen LogP contribution in [0.2, 0.25) is 5.02 Å². The average Bonchev–Trinajstić information content (AvgIpc) is 2.81. The van der Waals surface area contributed by atoms with Gasteiger partial charge < -0.3 is 10.3 Å². The van der Waals surface area contributed by atoms with Gasteiger partial charge in [-0.1, -0.05) is 69.1 Å². The number of halogens is 2. The monoisotopic (exact) mass is 348 g/mol. The summed E-state index contributed by atoms with van der Waals surface area (Å²) in [4.78, 5) is 0. The van der Waals surface area contributed by atoms with Crippen LogP contribution in [0.25, 0.3) is 22.4 Å². The van der Waals surface area contributed by atoms with Gasteiger partial charge in [-0.15, -0.1) is 0 Å². The predicted molar refractivity (Wildman–Crippen MR) is 84.5 cm³/mol. The number of anilines is 1. The highest BCUT2D eigenvalue weighted by molar-refractivity contribution is 9.10. The van der Waals surface area contributed by atoms with Crippen molar-refractivity contribution in [1.29, 1.82) is 0 Å². The van der Waals surface area contributed by atoms with Crippen molar-refractivity contribution >= 4 is 33.4 Å². The smallest absolute Gasteiger partial charge is 0.230 e. The molecule has 0 aliphatic rings. The summed E-state index contributed by atoms with van der Waals surface area (Å²) in [6.45, 7) is 0. The Morgan fingerprint density at radius 1 is 1.10 bits per heavy atom. The molecule has 2 N–H and O–H groups in total. The van der Waals surface area contributed by atoms with Gasteiger partial charge in [-0.3, -0.25) is 0 Å². The number of hydrogen-bond donors (Lipinski definition) is 1. The topological polar surface area (TPSA) is 52.0 Å². The third kappa shape index (κ3) is 2.32. The lowest BCUT2D eigenvalue weighted by Gasteiger charge is -2.05. The van der Waals surface area contributed by atoms with Gasteiger partial charge in [0.1, 0.15) is 5.69 Å². The molecule has 0 saturated heterocycles. The summed E-state index contributed by atoms with van der Waals surface area (Å²) in [5, 5.41) is 4.73. The van der Waals surface area contributed by atoms with Gasteiger partial charge in [0.05, 0.1) is 5.56 Å². The van der Waals surface area contributed by atoms with Crippen LogP contribution in [-0.4, -0.2) is 5.16 Å². The number of nitrogen functional groups attached to an aromatic ring is 1. The fraction of sp³-hybridized carbons (Fsp3) is 0. The molecular weight excluding hydrogens is 340 g/mol. The van der Waals surface area contributed by atoms with Crippen LogP contribution in [-0.2, 0) is 0 Å². The second-order valence-electron chi connectivity index (χ2n) is 4.26. The van der Waals surface area contributed by atoms with Crippen LogP contribution >= 0.6 is 27.5 Å². The van der Waals surface area contributed by atoms with E-state index in [2.05, 4.69) is 21.1 Å². The highest BCUT2D eigenvalue weighted by Crippen LogP contribution is 2.39. The first-order valence-electron chi connectivity index (χ1n) is 5.93. The Balaban J connectivity index is 2.21. The Morgan fingerprint density at radius 2 is 1.85 bits per heavy atom. The molecule has 3 aromatic rings. The molecule has 0 bridgehead atoms. The Bertz CT molecular complexity index is 756. The number of rotatable bonds is 2. The zero-order valence-corrected chi connectivity index (χ0v) is 12.6. The van der Waals surface area contributed by atoms with Crippen molar-refractivity contribution in [3.8, 4) is 22.4 Å². The third-order valence-electron chi connectivity index (χ3n) is 2.97. The summed E-state index contributed by atoms with van der Waals surface area (Å²) in [6.07, 6.45) is 0. The van der Waals surface area contributed by atoms with E-state index in [1.165, 1.54) is 0 Å². The van der Waals surface area contributed by atoms with Gasteiger partial charge in [0.25, 0.3) is 0 Å². The SMILES string of the molecule is Nc1onc(-c2ccc(Cl)cc2Br)c1-c1ccccc1. The molecule has 0 spiro atoms. The minimum atomic E-state index is 0.299. The van der Waals surface area contributed by atoms with Crippen molar-refractivity contribution in [1.82, 2.24) is 5.16 Å². The van der Waals surface area contributed by atoms with Gasteiger partial charge >= 0.3 is 0 Å². The second kappa shape index (κ2) is 5.31. The molecule has 2 aromatic carbocycles. The standard InChI is InChI=1S/C15H10BrClN2O/c16-12-8-10(17)6-7-11(12)14-13(15(18)20-19-14)9-4-2-1-3-5-9/h1-8H,18H2. The predicted octanol–water partition coefficient (Wildman–Crippen LogP) is 5.01. The quantitative estimate of drug-likeness (QED) is 0.708. The number of benzene rings is 2. The van der Waals surface area contributed by atoms with Gasteiger partial charge in [0.2, 0.25) is 5.88 Å². The summed E-state index contributed by atoms with van der Waals surface area (Å²) in [7, 11) is 0. The molecule has 0 amide bonds. The highest BCUT2D eigenvalue weighted by atomic mass is 79.9. The summed E-state index contributed by atoms with van der Waals surface area (Å²) in [6, 6.07) is 15.3. The lowest BCUT2D eigenvalue weighted by molar-refractivity contribution is 0.439. The van der Waals surface area contributed by atoms with Crippen molar-refractivity contribution in [2.24, 2.45) is 0 Å². The molecule has 0 fully saturated rings. The van der Waals surface area contributed by atoms with Gasteiger partial charge in [0, 0.05) is 15.1 Å². The fourth-order valence-corrected chi connectivity index (χ4v) is 2.92. The Morgan fingerprint density at radius 3 is 2.55 bits per heavy atom. The molecule has 5 heteroatoms. The van der Waals surface area contributed by atoms with Crippen molar-refractivity contribution in [2.75, 3.05) is 5.73 Å². The normalized spacial score (nSPS) is 10.7. The minimum absolute atomic E-state index is 0.299. The van der Waals surface area contributed by atoms with E-state index in [9.17, 15) is 0 Å². The molecule has 0 atom stereocenters. The summed E-state index contributed by atoms with van der Waals surface area (Å²) < 4.78 is 6.01. The lowest BCUT2D eigenvalue weighted by atomic mass is 10.0. The first-order chi connectivity index (χ1) is 9.66. The molecule has 20 heavy (non-hydrogen) atoms. The van der Waals surface area contributed by atoms with E-state index in [1.54, 1.807) is 6.07 Å². The van der Waals surface area contributed by atoms with E-state index in [4.69, 9.17) is 21.9 Å². The Labute approximate surface area is 129 Å². The van der Waals surface area contributed by atoms with Crippen LogP contribution in [0, 0.1) is 0 Å². The molecule has 0 radical (unpaired) electrons. The van der Waals surface area contributed by atoms with E-state index >= 15 is 0 Å². The van der Waals surface area contributed by atoms with E-state index in [-0.39, 0.29) is 0 Å². The number of nitrogens with zero attached hydrogens (tertiary/aromatic N) is 1.